The Morgan fingerprint density at radius 3 is 2.41 bits per heavy atom. The monoisotopic (exact) mass is 304 g/mol. The van der Waals surface area contributed by atoms with Gasteiger partial charge in [0.15, 0.2) is 0 Å². The lowest BCUT2D eigenvalue weighted by Gasteiger charge is -2.24. The molecule has 0 bridgehead atoms. The SMILES string of the molecule is C#CCN1CCNCC1.Cc1ccc(C(=O)O)cc1C(=O)O. The summed E-state index contributed by atoms with van der Waals surface area (Å²) in [6.45, 7) is 6.80. The van der Waals surface area contributed by atoms with Crippen molar-refractivity contribution in [2.75, 3.05) is 32.7 Å². The van der Waals surface area contributed by atoms with Gasteiger partial charge in [-0.1, -0.05) is 12.0 Å². The molecule has 1 aliphatic rings. The average molecular weight is 304 g/mol. The van der Waals surface area contributed by atoms with E-state index in [1.165, 1.54) is 12.1 Å². The first kappa shape index (κ1) is 17.7. The van der Waals surface area contributed by atoms with Crippen LogP contribution in [-0.4, -0.2) is 59.8 Å². The molecule has 0 radical (unpaired) electrons. The lowest BCUT2D eigenvalue weighted by molar-refractivity contribution is 0.0695. The molecule has 1 aromatic carbocycles. The van der Waals surface area contributed by atoms with Crippen molar-refractivity contribution in [2.45, 2.75) is 6.92 Å². The van der Waals surface area contributed by atoms with E-state index in [9.17, 15) is 9.59 Å². The third-order valence-electron chi connectivity index (χ3n) is 3.24. The molecule has 1 heterocycles. The fourth-order valence-electron chi connectivity index (χ4n) is 1.98. The minimum absolute atomic E-state index is 0.0111. The van der Waals surface area contributed by atoms with Crippen LogP contribution in [0.25, 0.3) is 0 Å². The number of rotatable bonds is 3. The summed E-state index contributed by atoms with van der Waals surface area (Å²) in [5, 5.41) is 20.5. The Bertz CT molecular complexity index is 572. The summed E-state index contributed by atoms with van der Waals surface area (Å²) in [6, 6.07) is 4.01. The molecule has 0 unspecified atom stereocenters. The molecule has 6 nitrogen and oxygen atoms in total. The Balaban J connectivity index is 0.000000235. The van der Waals surface area contributed by atoms with Crippen LogP contribution in [0.15, 0.2) is 18.2 Å². The summed E-state index contributed by atoms with van der Waals surface area (Å²) in [5.41, 5.74) is 0.570. The molecular formula is C16H20N2O4. The topological polar surface area (TPSA) is 89.9 Å². The van der Waals surface area contributed by atoms with Gasteiger partial charge < -0.3 is 15.5 Å². The van der Waals surface area contributed by atoms with Gasteiger partial charge in [0.2, 0.25) is 0 Å². The molecule has 0 aliphatic carbocycles. The van der Waals surface area contributed by atoms with Crippen LogP contribution in [0.2, 0.25) is 0 Å². The summed E-state index contributed by atoms with van der Waals surface area (Å²) >= 11 is 0. The zero-order valence-corrected chi connectivity index (χ0v) is 12.5. The summed E-state index contributed by atoms with van der Waals surface area (Å²) in [6.07, 6.45) is 5.15. The number of carboxylic acids is 2. The minimum atomic E-state index is -1.12. The van der Waals surface area contributed by atoms with E-state index in [0.717, 1.165) is 38.8 Å². The summed E-state index contributed by atoms with van der Waals surface area (Å²) < 4.78 is 0. The number of aromatic carboxylic acids is 2. The Morgan fingerprint density at radius 2 is 1.91 bits per heavy atom. The number of piperazine rings is 1. The van der Waals surface area contributed by atoms with Crippen LogP contribution in [0, 0.1) is 19.3 Å². The molecular weight excluding hydrogens is 284 g/mol. The number of carboxylic acid groups (broad SMARTS) is 2. The third-order valence-corrected chi connectivity index (χ3v) is 3.24. The molecule has 0 spiro atoms. The van der Waals surface area contributed by atoms with Crippen LogP contribution in [0.1, 0.15) is 26.3 Å². The zero-order chi connectivity index (χ0) is 16.5. The molecule has 1 aromatic rings. The molecule has 3 N–H and O–H groups in total. The van der Waals surface area contributed by atoms with Gasteiger partial charge in [-0.05, 0) is 24.6 Å². The quantitative estimate of drug-likeness (QED) is 0.719. The second-order valence-electron chi connectivity index (χ2n) is 4.87. The number of carbonyl (C=O) groups is 2. The maximum absolute atomic E-state index is 10.6. The van der Waals surface area contributed by atoms with Crippen molar-refractivity contribution in [1.29, 1.82) is 0 Å². The molecule has 6 heteroatoms. The molecule has 0 aromatic heterocycles. The van der Waals surface area contributed by atoms with Crippen molar-refractivity contribution in [1.82, 2.24) is 10.2 Å². The van der Waals surface area contributed by atoms with E-state index in [2.05, 4.69) is 16.1 Å². The highest BCUT2D eigenvalue weighted by atomic mass is 16.4. The largest absolute Gasteiger partial charge is 0.478 e. The number of hydrogen-bond acceptors (Lipinski definition) is 4. The minimum Gasteiger partial charge on any atom is -0.478 e. The van der Waals surface area contributed by atoms with E-state index in [1.54, 1.807) is 6.92 Å². The van der Waals surface area contributed by atoms with Crippen molar-refractivity contribution in [3.8, 4) is 12.3 Å². The molecule has 0 saturated carbocycles. The number of terminal acetylenes is 1. The Kier molecular flexibility index (Phi) is 7.09. The van der Waals surface area contributed by atoms with Crippen molar-refractivity contribution < 1.29 is 19.8 Å². The fourth-order valence-corrected chi connectivity index (χ4v) is 1.98. The fraction of sp³-hybridized carbons (Fsp3) is 0.375. The maximum Gasteiger partial charge on any atom is 0.335 e. The van der Waals surface area contributed by atoms with E-state index < -0.39 is 11.9 Å². The molecule has 1 fully saturated rings. The van der Waals surface area contributed by atoms with Crippen molar-refractivity contribution in [3.63, 3.8) is 0 Å². The molecule has 118 valence electrons. The summed E-state index contributed by atoms with van der Waals surface area (Å²) in [5.74, 6) is 0.402. The Hall–Kier alpha value is -2.36. The van der Waals surface area contributed by atoms with Gasteiger partial charge in [0, 0.05) is 26.2 Å². The smallest absolute Gasteiger partial charge is 0.335 e. The second-order valence-corrected chi connectivity index (χ2v) is 4.87. The third kappa shape index (κ3) is 5.56. The van der Waals surface area contributed by atoms with E-state index in [0.29, 0.717) is 5.56 Å². The lowest BCUT2D eigenvalue weighted by atomic mass is 10.1. The molecule has 1 saturated heterocycles. The second kappa shape index (κ2) is 8.82. The van der Waals surface area contributed by atoms with Crippen LogP contribution in [-0.2, 0) is 0 Å². The molecule has 0 atom stereocenters. The first-order chi connectivity index (χ1) is 10.5. The number of hydrogen-bond donors (Lipinski definition) is 3. The van der Waals surface area contributed by atoms with Gasteiger partial charge >= 0.3 is 11.9 Å². The molecule has 0 amide bonds. The van der Waals surface area contributed by atoms with Gasteiger partial charge in [0.25, 0.3) is 0 Å². The Labute approximate surface area is 129 Å². The van der Waals surface area contributed by atoms with Crippen molar-refractivity contribution >= 4 is 11.9 Å². The average Bonchev–Trinajstić information content (AvgIpc) is 2.49. The van der Waals surface area contributed by atoms with Gasteiger partial charge in [-0.3, -0.25) is 4.90 Å². The van der Waals surface area contributed by atoms with Crippen LogP contribution in [0.4, 0.5) is 0 Å². The van der Waals surface area contributed by atoms with Gasteiger partial charge in [0.05, 0.1) is 17.7 Å². The Morgan fingerprint density at radius 1 is 1.27 bits per heavy atom. The first-order valence-corrected chi connectivity index (χ1v) is 6.89. The number of nitrogens with zero attached hydrogens (tertiary/aromatic N) is 1. The number of aryl methyl sites for hydroxylation is 1. The van der Waals surface area contributed by atoms with Crippen LogP contribution in [0.3, 0.4) is 0 Å². The normalized spacial score (nSPS) is 14.4. The van der Waals surface area contributed by atoms with E-state index >= 15 is 0 Å². The highest BCUT2D eigenvalue weighted by Crippen LogP contribution is 2.11. The predicted molar refractivity (Wildman–Crippen MR) is 83.2 cm³/mol. The number of benzene rings is 1. The van der Waals surface area contributed by atoms with Gasteiger partial charge in [-0.2, -0.15) is 0 Å². The maximum atomic E-state index is 10.6. The molecule has 2 rings (SSSR count). The van der Waals surface area contributed by atoms with Crippen LogP contribution in [0.5, 0.6) is 0 Å². The van der Waals surface area contributed by atoms with Gasteiger partial charge in [-0.15, -0.1) is 6.42 Å². The lowest BCUT2D eigenvalue weighted by Crippen LogP contribution is -2.43. The van der Waals surface area contributed by atoms with Crippen molar-refractivity contribution in [2.24, 2.45) is 0 Å². The van der Waals surface area contributed by atoms with E-state index in [-0.39, 0.29) is 11.1 Å². The highest BCUT2D eigenvalue weighted by Gasteiger charge is 2.10. The first-order valence-electron chi connectivity index (χ1n) is 6.89. The predicted octanol–water partition coefficient (Wildman–Crippen LogP) is 0.916. The standard InChI is InChI=1S/C9H8O4.C7H12N2/c1-5-2-3-6(8(10)11)4-7(5)9(12)13;1-2-5-9-6-3-8-4-7-9/h2-4H,1H3,(H,10,11)(H,12,13);1,8H,3-7H2. The van der Waals surface area contributed by atoms with Crippen LogP contribution >= 0.6 is 0 Å². The highest BCUT2D eigenvalue weighted by molar-refractivity contribution is 5.94. The number of nitrogens with one attached hydrogen (secondary N) is 1. The summed E-state index contributed by atoms with van der Waals surface area (Å²) in [4.78, 5) is 23.4. The molecule has 22 heavy (non-hydrogen) atoms. The molecule has 1 aliphatic heterocycles. The van der Waals surface area contributed by atoms with Gasteiger partial charge in [-0.25, -0.2) is 9.59 Å². The van der Waals surface area contributed by atoms with Crippen LogP contribution < -0.4 is 5.32 Å². The van der Waals surface area contributed by atoms with Gasteiger partial charge in [0.1, 0.15) is 0 Å². The zero-order valence-electron chi connectivity index (χ0n) is 12.5. The van der Waals surface area contributed by atoms with E-state index in [1.807, 2.05) is 0 Å². The summed E-state index contributed by atoms with van der Waals surface area (Å²) in [7, 11) is 0. The van der Waals surface area contributed by atoms with Crippen molar-refractivity contribution in [3.05, 3.63) is 34.9 Å². The van der Waals surface area contributed by atoms with E-state index in [4.69, 9.17) is 16.6 Å².